The molecular formula is C40H40N4O12. The minimum atomic E-state index is -1.16. The van der Waals surface area contributed by atoms with Gasteiger partial charge >= 0.3 is 11.8 Å². The SMILES string of the molecule is COc1ccc(C(OC[C@H]2O[C@@H](n3ccc(NC(=O)OCc4cc(OC)c(OC)cc4[N+](=O)[O-])nc3=O)C[C@@H]2O)(c2ccccc2)c2ccc(OC)cc2)cc1. The molecule has 0 spiro atoms. The lowest BCUT2D eigenvalue weighted by Crippen LogP contribution is -2.38. The summed E-state index contributed by atoms with van der Waals surface area (Å²) in [7, 11) is 5.89. The highest BCUT2D eigenvalue weighted by molar-refractivity contribution is 5.83. The van der Waals surface area contributed by atoms with Crippen molar-refractivity contribution in [1.82, 2.24) is 9.55 Å². The second-order valence-corrected chi connectivity index (χ2v) is 12.5. The van der Waals surface area contributed by atoms with Gasteiger partial charge < -0.3 is 38.3 Å². The zero-order valence-electron chi connectivity index (χ0n) is 30.9. The largest absolute Gasteiger partial charge is 0.497 e. The number of hydrogen-bond donors (Lipinski definition) is 2. The van der Waals surface area contributed by atoms with E-state index in [0.29, 0.717) is 11.5 Å². The molecule has 1 amide bonds. The Morgan fingerprint density at radius 2 is 1.48 bits per heavy atom. The number of aliphatic hydroxyl groups excluding tert-OH is 1. The van der Waals surface area contributed by atoms with Crippen LogP contribution in [0.5, 0.6) is 23.0 Å². The Kier molecular flexibility index (Phi) is 12.1. The number of carbonyl (C=O) groups excluding carboxylic acids is 1. The number of nitrogens with zero attached hydrogens (tertiary/aromatic N) is 3. The molecule has 3 atom stereocenters. The molecule has 0 saturated carbocycles. The number of benzene rings is 4. The Morgan fingerprint density at radius 1 is 0.893 bits per heavy atom. The van der Waals surface area contributed by atoms with E-state index in [1.165, 1.54) is 37.1 Å². The maximum Gasteiger partial charge on any atom is 0.413 e. The van der Waals surface area contributed by atoms with Crippen molar-refractivity contribution in [2.45, 2.75) is 37.1 Å². The Labute approximate surface area is 321 Å². The van der Waals surface area contributed by atoms with Crippen molar-refractivity contribution in [2.75, 3.05) is 40.4 Å². The van der Waals surface area contributed by atoms with Crippen molar-refractivity contribution >= 4 is 17.6 Å². The topological polar surface area (TPSA) is 192 Å². The zero-order valence-corrected chi connectivity index (χ0v) is 30.9. The number of methoxy groups -OCH3 is 4. The van der Waals surface area contributed by atoms with Crippen molar-refractivity contribution < 1.29 is 48.0 Å². The van der Waals surface area contributed by atoms with Gasteiger partial charge in [-0.25, -0.2) is 9.59 Å². The summed E-state index contributed by atoms with van der Waals surface area (Å²) >= 11 is 0. The highest BCUT2D eigenvalue weighted by Crippen LogP contribution is 2.43. The molecule has 0 aliphatic carbocycles. The van der Waals surface area contributed by atoms with Gasteiger partial charge in [0.15, 0.2) is 11.5 Å². The zero-order chi connectivity index (χ0) is 39.8. The summed E-state index contributed by atoms with van der Waals surface area (Å²) in [5.41, 5.74) is 0.188. The van der Waals surface area contributed by atoms with E-state index >= 15 is 0 Å². The van der Waals surface area contributed by atoms with Crippen LogP contribution in [0.15, 0.2) is 108 Å². The normalized spacial score (nSPS) is 16.5. The van der Waals surface area contributed by atoms with Crippen molar-refractivity contribution in [3.63, 3.8) is 0 Å². The molecule has 1 saturated heterocycles. The molecule has 1 aliphatic heterocycles. The highest BCUT2D eigenvalue weighted by Gasteiger charge is 2.42. The Hall–Kier alpha value is -6.49. The van der Waals surface area contributed by atoms with E-state index in [0.717, 1.165) is 22.8 Å². The third-order valence-corrected chi connectivity index (χ3v) is 9.35. The third kappa shape index (κ3) is 8.27. The van der Waals surface area contributed by atoms with Gasteiger partial charge in [0, 0.05) is 12.6 Å². The number of aromatic nitrogens is 2. The summed E-state index contributed by atoms with van der Waals surface area (Å²) in [4.78, 5) is 40.7. The molecule has 6 rings (SSSR count). The molecule has 0 unspecified atom stereocenters. The van der Waals surface area contributed by atoms with Crippen molar-refractivity contribution in [3.8, 4) is 23.0 Å². The molecular weight excluding hydrogens is 728 g/mol. The van der Waals surface area contributed by atoms with Gasteiger partial charge in [-0.15, -0.1) is 0 Å². The number of aliphatic hydroxyl groups is 1. The molecule has 56 heavy (non-hydrogen) atoms. The van der Waals surface area contributed by atoms with E-state index < -0.39 is 47.4 Å². The van der Waals surface area contributed by atoms with Gasteiger partial charge in [-0.3, -0.25) is 20.0 Å². The molecule has 0 radical (unpaired) electrons. The first kappa shape index (κ1) is 39.2. The van der Waals surface area contributed by atoms with Gasteiger partial charge in [-0.05, 0) is 53.1 Å². The Balaban J connectivity index is 1.17. The first-order valence-corrected chi connectivity index (χ1v) is 17.3. The van der Waals surface area contributed by atoms with Crippen LogP contribution in [0, 0.1) is 10.1 Å². The molecule has 1 aliphatic rings. The fourth-order valence-electron chi connectivity index (χ4n) is 6.50. The van der Waals surface area contributed by atoms with Crippen LogP contribution in [-0.4, -0.2) is 72.9 Å². The molecule has 16 nitrogen and oxygen atoms in total. The first-order chi connectivity index (χ1) is 27.1. The summed E-state index contributed by atoms with van der Waals surface area (Å²) in [6.45, 7) is -0.560. The minimum absolute atomic E-state index is 0.0515. The van der Waals surface area contributed by atoms with Gasteiger partial charge in [0.1, 0.15) is 41.9 Å². The van der Waals surface area contributed by atoms with Crippen LogP contribution in [0.1, 0.15) is 34.9 Å². The second kappa shape index (κ2) is 17.3. The van der Waals surface area contributed by atoms with E-state index in [2.05, 4.69) is 10.3 Å². The van der Waals surface area contributed by atoms with E-state index in [1.54, 1.807) is 14.2 Å². The van der Waals surface area contributed by atoms with Gasteiger partial charge in [0.2, 0.25) is 0 Å². The summed E-state index contributed by atoms with van der Waals surface area (Å²) in [6.07, 6.45) is -2.36. The summed E-state index contributed by atoms with van der Waals surface area (Å²) in [5, 5.41) is 25.2. The maximum atomic E-state index is 13.2. The number of hydrogen-bond acceptors (Lipinski definition) is 13. The number of rotatable bonds is 15. The van der Waals surface area contributed by atoms with Crippen LogP contribution in [-0.2, 0) is 26.4 Å². The lowest BCUT2D eigenvalue weighted by atomic mass is 9.80. The number of carbonyl (C=O) groups is 1. The lowest BCUT2D eigenvalue weighted by molar-refractivity contribution is -0.385. The Bertz CT molecular complexity index is 2150. The molecule has 1 fully saturated rings. The highest BCUT2D eigenvalue weighted by atomic mass is 16.6. The smallest absolute Gasteiger partial charge is 0.413 e. The van der Waals surface area contributed by atoms with Crippen LogP contribution in [0.25, 0.3) is 0 Å². The summed E-state index contributed by atoms with van der Waals surface area (Å²) in [6, 6.07) is 28.6. The summed E-state index contributed by atoms with van der Waals surface area (Å²) in [5.74, 6) is 1.54. The monoisotopic (exact) mass is 768 g/mol. The van der Waals surface area contributed by atoms with E-state index in [4.69, 9.17) is 33.2 Å². The second-order valence-electron chi connectivity index (χ2n) is 12.5. The number of nitro groups is 1. The molecule has 1 aromatic heterocycles. The minimum Gasteiger partial charge on any atom is -0.497 e. The van der Waals surface area contributed by atoms with Crippen LogP contribution < -0.4 is 30.0 Å². The van der Waals surface area contributed by atoms with Gasteiger partial charge in [-0.2, -0.15) is 4.98 Å². The standard InChI is InChI=1S/C40H40N4O12/c1-50-29-14-10-27(11-15-29)40(26-8-6-5-7-9-26,28-12-16-30(51-2)17-13-28)55-24-35-32(45)22-37(56-35)43-19-18-36(41-38(43)46)42-39(47)54-23-25-20-33(52-3)34(53-4)21-31(25)44(48)49/h5-21,32,35,37,45H,22-24H2,1-4H3,(H,41,42,46,47)/t32-,35+,37+/m0/s1. The summed E-state index contributed by atoms with van der Waals surface area (Å²) < 4.78 is 40.6. The predicted octanol–water partition coefficient (Wildman–Crippen LogP) is 5.59. The van der Waals surface area contributed by atoms with Crippen LogP contribution in [0.2, 0.25) is 0 Å². The average molecular weight is 769 g/mol. The van der Waals surface area contributed by atoms with Gasteiger partial charge in [0.05, 0.1) is 57.7 Å². The molecule has 4 aromatic carbocycles. The van der Waals surface area contributed by atoms with Crippen molar-refractivity contribution in [3.05, 3.63) is 146 Å². The molecule has 5 aromatic rings. The average Bonchev–Trinajstić information content (AvgIpc) is 3.60. The van der Waals surface area contributed by atoms with Crippen LogP contribution in [0.3, 0.4) is 0 Å². The van der Waals surface area contributed by atoms with Crippen molar-refractivity contribution in [1.29, 1.82) is 0 Å². The predicted molar refractivity (Wildman–Crippen MR) is 201 cm³/mol. The Morgan fingerprint density at radius 3 is 2.04 bits per heavy atom. The number of ether oxygens (including phenoxy) is 7. The fraction of sp³-hybridized carbons (Fsp3) is 0.275. The van der Waals surface area contributed by atoms with Crippen molar-refractivity contribution in [2.24, 2.45) is 0 Å². The number of nitro benzene ring substituents is 1. The third-order valence-electron chi connectivity index (χ3n) is 9.35. The van der Waals surface area contributed by atoms with Crippen LogP contribution in [0.4, 0.5) is 16.3 Å². The van der Waals surface area contributed by atoms with Crippen LogP contribution >= 0.6 is 0 Å². The van der Waals surface area contributed by atoms with Gasteiger partial charge in [0.25, 0.3) is 5.69 Å². The van der Waals surface area contributed by atoms with E-state index in [-0.39, 0.29) is 41.6 Å². The number of nitrogens with one attached hydrogen (secondary N) is 1. The maximum absolute atomic E-state index is 13.2. The van der Waals surface area contributed by atoms with E-state index in [9.17, 15) is 24.8 Å². The number of anilines is 1. The van der Waals surface area contributed by atoms with E-state index in [1.807, 2.05) is 78.9 Å². The molecule has 2 N–H and O–H groups in total. The lowest BCUT2D eigenvalue weighted by Gasteiger charge is -2.37. The molecule has 292 valence electrons. The number of amides is 1. The fourth-order valence-corrected chi connectivity index (χ4v) is 6.50. The molecule has 2 heterocycles. The quantitative estimate of drug-likeness (QED) is 0.0762. The van der Waals surface area contributed by atoms with Gasteiger partial charge in [-0.1, -0.05) is 54.6 Å². The molecule has 16 heteroatoms. The molecule has 0 bridgehead atoms. The first-order valence-electron chi connectivity index (χ1n) is 17.3.